The average Bonchev–Trinajstić information content (AvgIpc) is 2.29. The molecule has 0 atom stereocenters. The topological polar surface area (TPSA) is 87.7 Å². The number of ether oxygens (including phenoxy) is 1. The SMILES string of the molecule is C=CCOC(=O)NCCCNCCCC(=O)O. The summed E-state index contributed by atoms with van der Waals surface area (Å²) in [7, 11) is 0. The van der Waals surface area contributed by atoms with Crippen molar-refractivity contribution in [3.63, 3.8) is 0 Å². The van der Waals surface area contributed by atoms with E-state index in [2.05, 4.69) is 17.2 Å². The van der Waals surface area contributed by atoms with Gasteiger partial charge in [-0.2, -0.15) is 0 Å². The molecule has 3 N–H and O–H groups in total. The van der Waals surface area contributed by atoms with Crippen LogP contribution in [0.3, 0.4) is 0 Å². The van der Waals surface area contributed by atoms with Gasteiger partial charge < -0.3 is 20.5 Å². The Kier molecular flexibility index (Phi) is 9.94. The van der Waals surface area contributed by atoms with Crippen molar-refractivity contribution in [2.75, 3.05) is 26.2 Å². The number of carboxylic acids is 1. The second-order valence-electron chi connectivity index (χ2n) is 3.41. The number of amides is 1. The molecule has 17 heavy (non-hydrogen) atoms. The first-order chi connectivity index (χ1) is 8.16. The maximum absolute atomic E-state index is 10.9. The maximum Gasteiger partial charge on any atom is 0.407 e. The number of hydrogen-bond donors (Lipinski definition) is 3. The normalized spacial score (nSPS) is 9.65. The zero-order chi connectivity index (χ0) is 12.9. The third-order valence-electron chi connectivity index (χ3n) is 1.88. The van der Waals surface area contributed by atoms with Gasteiger partial charge in [-0.1, -0.05) is 12.7 Å². The summed E-state index contributed by atoms with van der Waals surface area (Å²) in [4.78, 5) is 21.1. The Hall–Kier alpha value is -1.56. The minimum absolute atomic E-state index is 0.180. The fourth-order valence-electron chi connectivity index (χ4n) is 1.08. The molecule has 0 saturated heterocycles. The van der Waals surface area contributed by atoms with Gasteiger partial charge in [0.1, 0.15) is 6.61 Å². The van der Waals surface area contributed by atoms with Crippen LogP contribution in [0.15, 0.2) is 12.7 Å². The summed E-state index contributed by atoms with van der Waals surface area (Å²) in [6.07, 6.45) is 2.62. The van der Waals surface area contributed by atoms with Crippen LogP contribution in [0.25, 0.3) is 0 Å². The molecular weight excluding hydrogens is 224 g/mol. The Morgan fingerprint density at radius 3 is 2.59 bits per heavy atom. The van der Waals surface area contributed by atoms with Crippen LogP contribution >= 0.6 is 0 Å². The van der Waals surface area contributed by atoms with E-state index in [0.29, 0.717) is 19.5 Å². The Labute approximate surface area is 101 Å². The molecule has 0 saturated carbocycles. The predicted octanol–water partition coefficient (Wildman–Crippen LogP) is 0.743. The fourth-order valence-corrected chi connectivity index (χ4v) is 1.08. The number of carbonyl (C=O) groups is 2. The van der Waals surface area contributed by atoms with Crippen LogP contribution in [-0.4, -0.2) is 43.4 Å². The van der Waals surface area contributed by atoms with Crippen LogP contribution in [0.2, 0.25) is 0 Å². The van der Waals surface area contributed by atoms with E-state index in [1.165, 1.54) is 6.08 Å². The largest absolute Gasteiger partial charge is 0.481 e. The standard InChI is InChI=1S/C11H20N2O4/c1-2-9-17-11(16)13-8-4-7-12-6-3-5-10(14)15/h2,12H,1,3-9H2,(H,13,16)(H,14,15). The van der Waals surface area contributed by atoms with Crippen LogP contribution in [0.4, 0.5) is 4.79 Å². The number of alkyl carbamates (subject to hydrolysis) is 1. The average molecular weight is 244 g/mol. The van der Waals surface area contributed by atoms with Gasteiger partial charge in [-0.15, -0.1) is 0 Å². The molecule has 98 valence electrons. The maximum atomic E-state index is 10.9. The third kappa shape index (κ3) is 12.4. The molecule has 0 fully saturated rings. The van der Waals surface area contributed by atoms with Gasteiger partial charge in [0.2, 0.25) is 0 Å². The van der Waals surface area contributed by atoms with E-state index in [1.807, 2.05) is 0 Å². The van der Waals surface area contributed by atoms with Crippen LogP contribution in [0, 0.1) is 0 Å². The van der Waals surface area contributed by atoms with Gasteiger partial charge in [0, 0.05) is 13.0 Å². The first kappa shape index (κ1) is 15.4. The molecule has 0 aromatic rings. The van der Waals surface area contributed by atoms with Gasteiger partial charge in [-0.05, 0) is 25.9 Å². The van der Waals surface area contributed by atoms with Crippen LogP contribution in [0.1, 0.15) is 19.3 Å². The van der Waals surface area contributed by atoms with Crippen LogP contribution in [-0.2, 0) is 9.53 Å². The lowest BCUT2D eigenvalue weighted by Crippen LogP contribution is -2.28. The van der Waals surface area contributed by atoms with Gasteiger partial charge in [0.25, 0.3) is 0 Å². The molecule has 0 bridgehead atoms. The zero-order valence-electron chi connectivity index (χ0n) is 9.91. The Bertz CT molecular complexity index is 244. The lowest BCUT2D eigenvalue weighted by molar-refractivity contribution is -0.137. The van der Waals surface area contributed by atoms with Crippen molar-refractivity contribution in [2.24, 2.45) is 0 Å². The monoisotopic (exact) mass is 244 g/mol. The Morgan fingerprint density at radius 2 is 1.94 bits per heavy atom. The highest BCUT2D eigenvalue weighted by Crippen LogP contribution is 1.86. The molecule has 0 spiro atoms. The van der Waals surface area contributed by atoms with Crippen molar-refractivity contribution >= 4 is 12.1 Å². The smallest absolute Gasteiger partial charge is 0.407 e. The molecule has 0 aliphatic heterocycles. The third-order valence-corrected chi connectivity index (χ3v) is 1.88. The van der Waals surface area contributed by atoms with Gasteiger partial charge in [0.15, 0.2) is 0 Å². The second kappa shape index (κ2) is 10.9. The lowest BCUT2D eigenvalue weighted by Gasteiger charge is -2.06. The van der Waals surface area contributed by atoms with Crippen molar-refractivity contribution in [1.29, 1.82) is 0 Å². The molecule has 0 heterocycles. The fraction of sp³-hybridized carbons (Fsp3) is 0.636. The highest BCUT2D eigenvalue weighted by atomic mass is 16.5. The van der Waals surface area contributed by atoms with Gasteiger partial charge in [-0.25, -0.2) is 4.79 Å². The predicted molar refractivity (Wildman–Crippen MR) is 63.9 cm³/mol. The number of carboxylic acid groups (broad SMARTS) is 1. The van der Waals surface area contributed by atoms with Gasteiger partial charge in [-0.3, -0.25) is 4.79 Å². The summed E-state index contributed by atoms with van der Waals surface area (Å²) in [5.74, 6) is -0.779. The number of nitrogens with one attached hydrogen (secondary N) is 2. The Balaban J connectivity index is 3.15. The highest BCUT2D eigenvalue weighted by molar-refractivity contribution is 5.67. The molecule has 0 unspecified atom stereocenters. The van der Waals surface area contributed by atoms with E-state index in [4.69, 9.17) is 9.84 Å². The van der Waals surface area contributed by atoms with Crippen molar-refractivity contribution in [3.05, 3.63) is 12.7 Å². The van der Waals surface area contributed by atoms with Crippen molar-refractivity contribution in [3.8, 4) is 0 Å². The number of carbonyl (C=O) groups excluding carboxylic acids is 1. The lowest BCUT2D eigenvalue weighted by atomic mass is 10.3. The van der Waals surface area contributed by atoms with Gasteiger partial charge in [0.05, 0.1) is 0 Å². The van der Waals surface area contributed by atoms with Crippen molar-refractivity contribution in [2.45, 2.75) is 19.3 Å². The van der Waals surface area contributed by atoms with E-state index in [9.17, 15) is 9.59 Å². The molecule has 6 nitrogen and oxygen atoms in total. The summed E-state index contributed by atoms with van der Waals surface area (Å²) in [5.41, 5.74) is 0. The molecule has 0 aromatic carbocycles. The van der Waals surface area contributed by atoms with E-state index in [0.717, 1.165) is 13.0 Å². The molecule has 0 radical (unpaired) electrons. The summed E-state index contributed by atoms with van der Waals surface area (Å²) < 4.78 is 4.71. The van der Waals surface area contributed by atoms with E-state index >= 15 is 0 Å². The first-order valence-electron chi connectivity index (χ1n) is 5.61. The number of hydrogen-bond acceptors (Lipinski definition) is 4. The van der Waals surface area contributed by atoms with Crippen molar-refractivity contribution < 1.29 is 19.4 Å². The molecule has 0 aromatic heterocycles. The zero-order valence-corrected chi connectivity index (χ0v) is 9.91. The molecule has 6 heteroatoms. The Morgan fingerprint density at radius 1 is 1.24 bits per heavy atom. The minimum Gasteiger partial charge on any atom is -0.481 e. The summed E-state index contributed by atoms with van der Waals surface area (Å²) in [6, 6.07) is 0. The first-order valence-corrected chi connectivity index (χ1v) is 5.61. The molecule has 0 rings (SSSR count). The summed E-state index contributed by atoms with van der Waals surface area (Å²) in [5, 5.41) is 14.1. The number of rotatable bonds is 10. The summed E-state index contributed by atoms with van der Waals surface area (Å²) in [6.45, 7) is 5.58. The molecule has 0 aliphatic carbocycles. The highest BCUT2D eigenvalue weighted by Gasteiger charge is 1.98. The molecule has 1 amide bonds. The summed E-state index contributed by atoms with van der Waals surface area (Å²) >= 11 is 0. The molecule has 0 aliphatic rings. The van der Waals surface area contributed by atoms with Crippen LogP contribution in [0.5, 0.6) is 0 Å². The van der Waals surface area contributed by atoms with Crippen LogP contribution < -0.4 is 10.6 Å². The minimum atomic E-state index is -0.779. The van der Waals surface area contributed by atoms with Gasteiger partial charge >= 0.3 is 12.1 Å². The number of aliphatic carboxylic acids is 1. The second-order valence-corrected chi connectivity index (χ2v) is 3.41. The van der Waals surface area contributed by atoms with Crippen molar-refractivity contribution in [1.82, 2.24) is 10.6 Å². The molecular formula is C11H20N2O4. The van der Waals surface area contributed by atoms with E-state index in [-0.39, 0.29) is 13.0 Å². The quantitative estimate of drug-likeness (QED) is 0.390. The van der Waals surface area contributed by atoms with E-state index in [1.54, 1.807) is 0 Å². The van der Waals surface area contributed by atoms with E-state index < -0.39 is 12.1 Å².